The second kappa shape index (κ2) is 9.46. The number of carboxylic acid groups (broad SMARTS) is 1. The molecule has 1 N–H and O–H groups in total. The highest BCUT2D eigenvalue weighted by Crippen LogP contribution is 2.35. The number of anilines is 2. The molecule has 0 radical (unpaired) electrons. The second-order valence-electron chi connectivity index (χ2n) is 7.85. The van der Waals surface area contributed by atoms with Crippen LogP contribution in [0.2, 0.25) is 0 Å². The topological polar surface area (TPSA) is 67.6 Å². The SMILES string of the molecule is N#Cc1cccc(N(c2ccccc2C(=O)O)C2CCN(Cc3ccccc3)CC2)c1. The molecule has 1 heterocycles. The fourth-order valence-corrected chi connectivity index (χ4v) is 4.31. The van der Waals surface area contributed by atoms with Crippen molar-refractivity contribution in [1.82, 2.24) is 4.90 Å². The van der Waals surface area contributed by atoms with Crippen LogP contribution in [0.25, 0.3) is 0 Å². The largest absolute Gasteiger partial charge is 0.478 e. The average Bonchev–Trinajstić information content (AvgIpc) is 2.81. The molecule has 0 bridgehead atoms. The van der Waals surface area contributed by atoms with Crippen LogP contribution in [0, 0.1) is 11.3 Å². The summed E-state index contributed by atoms with van der Waals surface area (Å²) in [6.07, 6.45) is 1.83. The Morgan fingerprint density at radius 1 is 1.00 bits per heavy atom. The highest BCUT2D eigenvalue weighted by Gasteiger charge is 2.28. The Kier molecular flexibility index (Phi) is 6.30. The maximum Gasteiger partial charge on any atom is 0.337 e. The normalized spacial score (nSPS) is 14.7. The molecular formula is C26H25N3O2. The molecule has 5 heteroatoms. The molecule has 0 atom stereocenters. The lowest BCUT2D eigenvalue weighted by molar-refractivity contribution is 0.0697. The van der Waals surface area contributed by atoms with E-state index in [4.69, 9.17) is 0 Å². The Morgan fingerprint density at radius 3 is 2.42 bits per heavy atom. The minimum absolute atomic E-state index is 0.154. The predicted octanol–water partition coefficient (Wildman–Crippen LogP) is 5.06. The molecule has 0 aliphatic carbocycles. The van der Waals surface area contributed by atoms with Crippen molar-refractivity contribution in [2.24, 2.45) is 0 Å². The summed E-state index contributed by atoms with van der Waals surface area (Å²) >= 11 is 0. The zero-order chi connectivity index (χ0) is 21.6. The smallest absolute Gasteiger partial charge is 0.337 e. The van der Waals surface area contributed by atoms with Crippen molar-refractivity contribution in [1.29, 1.82) is 5.26 Å². The van der Waals surface area contributed by atoms with Gasteiger partial charge in [-0.15, -0.1) is 0 Å². The van der Waals surface area contributed by atoms with Gasteiger partial charge in [0.1, 0.15) is 0 Å². The first-order chi connectivity index (χ1) is 15.2. The molecule has 0 spiro atoms. The van der Waals surface area contributed by atoms with Gasteiger partial charge in [-0.2, -0.15) is 5.26 Å². The summed E-state index contributed by atoms with van der Waals surface area (Å²) in [4.78, 5) is 16.5. The van der Waals surface area contributed by atoms with Crippen LogP contribution in [0.1, 0.15) is 34.3 Å². The first-order valence-corrected chi connectivity index (χ1v) is 10.5. The fraction of sp³-hybridized carbons (Fsp3) is 0.231. The second-order valence-corrected chi connectivity index (χ2v) is 7.85. The predicted molar refractivity (Wildman–Crippen MR) is 121 cm³/mol. The summed E-state index contributed by atoms with van der Waals surface area (Å²) in [6.45, 7) is 2.79. The van der Waals surface area contributed by atoms with Crippen molar-refractivity contribution < 1.29 is 9.90 Å². The molecule has 0 saturated carbocycles. The fourth-order valence-electron chi connectivity index (χ4n) is 4.31. The van der Waals surface area contributed by atoms with Crippen LogP contribution < -0.4 is 4.90 Å². The number of hydrogen-bond acceptors (Lipinski definition) is 4. The number of likely N-dealkylation sites (tertiary alicyclic amines) is 1. The lowest BCUT2D eigenvalue weighted by Crippen LogP contribution is -2.43. The molecule has 5 nitrogen and oxygen atoms in total. The van der Waals surface area contributed by atoms with E-state index in [0.29, 0.717) is 11.3 Å². The van der Waals surface area contributed by atoms with Gasteiger partial charge in [-0.3, -0.25) is 4.90 Å². The summed E-state index contributed by atoms with van der Waals surface area (Å²) in [5.74, 6) is -0.946. The summed E-state index contributed by atoms with van der Waals surface area (Å²) in [7, 11) is 0. The molecule has 0 amide bonds. The third-order valence-corrected chi connectivity index (χ3v) is 5.82. The molecule has 31 heavy (non-hydrogen) atoms. The van der Waals surface area contributed by atoms with Gasteiger partial charge in [-0.05, 0) is 48.7 Å². The van der Waals surface area contributed by atoms with E-state index in [9.17, 15) is 15.2 Å². The van der Waals surface area contributed by atoms with Gasteiger partial charge in [0.2, 0.25) is 0 Å². The number of para-hydroxylation sites is 1. The maximum absolute atomic E-state index is 11.9. The minimum Gasteiger partial charge on any atom is -0.478 e. The van der Waals surface area contributed by atoms with E-state index in [1.807, 2.05) is 36.4 Å². The molecule has 3 aromatic rings. The third-order valence-electron chi connectivity index (χ3n) is 5.82. The van der Waals surface area contributed by atoms with Crippen molar-refractivity contribution >= 4 is 17.3 Å². The molecule has 1 fully saturated rings. The van der Waals surface area contributed by atoms with Gasteiger partial charge in [0.05, 0.1) is 22.9 Å². The quantitative estimate of drug-likeness (QED) is 0.614. The van der Waals surface area contributed by atoms with Gasteiger partial charge in [0.25, 0.3) is 0 Å². The standard InChI is InChI=1S/C26H25N3O2/c27-18-21-9-6-10-23(17-21)29(25-12-5-4-11-24(25)26(30)31)22-13-15-28(16-14-22)19-20-7-2-1-3-8-20/h1-12,17,22H,13-16,19H2,(H,30,31). The van der Waals surface area contributed by atoms with E-state index in [-0.39, 0.29) is 11.6 Å². The average molecular weight is 412 g/mol. The molecule has 3 aromatic carbocycles. The van der Waals surface area contributed by atoms with E-state index in [0.717, 1.165) is 38.2 Å². The Hall–Kier alpha value is -3.62. The van der Waals surface area contributed by atoms with Crippen LogP contribution in [0.5, 0.6) is 0 Å². The van der Waals surface area contributed by atoms with E-state index in [1.54, 1.807) is 18.2 Å². The number of hydrogen-bond donors (Lipinski definition) is 1. The summed E-state index contributed by atoms with van der Waals surface area (Å²) < 4.78 is 0. The molecule has 1 aliphatic heterocycles. The van der Waals surface area contributed by atoms with E-state index >= 15 is 0 Å². The van der Waals surface area contributed by atoms with Crippen molar-refractivity contribution in [3.05, 3.63) is 95.6 Å². The van der Waals surface area contributed by atoms with Crippen molar-refractivity contribution in [3.8, 4) is 6.07 Å². The Labute approximate surface area is 182 Å². The highest BCUT2D eigenvalue weighted by molar-refractivity contribution is 5.95. The monoisotopic (exact) mass is 411 g/mol. The lowest BCUT2D eigenvalue weighted by atomic mass is 9.99. The summed E-state index contributed by atoms with van der Waals surface area (Å²) in [5.41, 5.74) is 3.67. The molecule has 0 unspecified atom stereocenters. The van der Waals surface area contributed by atoms with Gasteiger partial charge in [-0.1, -0.05) is 48.5 Å². The van der Waals surface area contributed by atoms with Crippen LogP contribution in [-0.2, 0) is 6.54 Å². The molecular weight excluding hydrogens is 386 g/mol. The first-order valence-electron chi connectivity index (χ1n) is 10.5. The zero-order valence-electron chi connectivity index (χ0n) is 17.3. The number of nitriles is 1. The highest BCUT2D eigenvalue weighted by atomic mass is 16.4. The molecule has 0 aromatic heterocycles. The summed E-state index contributed by atoms with van der Waals surface area (Å²) in [5, 5.41) is 19.2. The van der Waals surface area contributed by atoms with Gasteiger partial charge < -0.3 is 10.0 Å². The van der Waals surface area contributed by atoms with Crippen molar-refractivity contribution in [2.45, 2.75) is 25.4 Å². The molecule has 4 rings (SSSR count). The Balaban J connectivity index is 1.62. The number of rotatable bonds is 6. The van der Waals surface area contributed by atoms with Crippen LogP contribution in [-0.4, -0.2) is 35.1 Å². The van der Waals surface area contributed by atoms with Crippen LogP contribution in [0.15, 0.2) is 78.9 Å². The van der Waals surface area contributed by atoms with Gasteiger partial charge in [-0.25, -0.2) is 4.79 Å². The van der Waals surface area contributed by atoms with Crippen LogP contribution in [0.4, 0.5) is 11.4 Å². The van der Waals surface area contributed by atoms with E-state index in [2.05, 4.69) is 40.1 Å². The molecule has 1 saturated heterocycles. The van der Waals surface area contributed by atoms with Crippen molar-refractivity contribution in [2.75, 3.05) is 18.0 Å². The minimum atomic E-state index is -0.946. The number of piperidine rings is 1. The first kappa shape index (κ1) is 20.6. The third kappa shape index (κ3) is 4.76. The molecule has 1 aliphatic rings. The number of carboxylic acids is 1. The summed E-state index contributed by atoms with van der Waals surface area (Å²) in [6, 6.07) is 27.3. The molecule has 156 valence electrons. The lowest BCUT2D eigenvalue weighted by Gasteiger charge is -2.40. The van der Waals surface area contributed by atoms with Gasteiger partial charge in [0, 0.05) is 31.4 Å². The number of carbonyl (C=O) groups is 1. The zero-order valence-corrected chi connectivity index (χ0v) is 17.3. The van der Waals surface area contributed by atoms with Crippen LogP contribution in [0.3, 0.4) is 0 Å². The van der Waals surface area contributed by atoms with E-state index in [1.165, 1.54) is 5.56 Å². The van der Waals surface area contributed by atoms with E-state index < -0.39 is 5.97 Å². The Bertz CT molecular complexity index is 1080. The van der Waals surface area contributed by atoms with Crippen molar-refractivity contribution in [3.63, 3.8) is 0 Å². The maximum atomic E-state index is 11.9. The number of benzene rings is 3. The van der Waals surface area contributed by atoms with Gasteiger partial charge in [0.15, 0.2) is 0 Å². The Morgan fingerprint density at radius 2 is 1.71 bits per heavy atom. The van der Waals surface area contributed by atoms with Crippen LogP contribution >= 0.6 is 0 Å². The number of aromatic carboxylic acids is 1. The number of nitrogens with zero attached hydrogens (tertiary/aromatic N) is 3. The van der Waals surface area contributed by atoms with Gasteiger partial charge >= 0.3 is 5.97 Å².